The van der Waals surface area contributed by atoms with Crippen LogP contribution in [0.25, 0.3) is 0 Å². The molecule has 5 heteroatoms. The molecule has 0 bridgehead atoms. The second-order valence-electron chi connectivity index (χ2n) is 4.90. The second kappa shape index (κ2) is 6.12. The fraction of sp³-hybridized carbons (Fsp3) is 0.500. The Bertz CT molecular complexity index is 445. The summed E-state index contributed by atoms with van der Waals surface area (Å²) in [6.07, 6.45) is 0. The van der Waals surface area contributed by atoms with Crippen molar-refractivity contribution in [2.24, 2.45) is 0 Å². The van der Waals surface area contributed by atoms with Crippen LogP contribution in [0.2, 0.25) is 0 Å². The Morgan fingerprint density at radius 2 is 1.95 bits per heavy atom. The monoisotopic (exact) mass is 266 g/mol. The highest BCUT2D eigenvalue weighted by atomic mass is 19.1. The van der Waals surface area contributed by atoms with Crippen molar-refractivity contribution in [2.75, 3.05) is 32.7 Å². The average molecular weight is 266 g/mol. The zero-order chi connectivity index (χ0) is 13.8. The number of carbonyl (C=O) groups is 1. The molecule has 1 aromatic rings. The van der Waals surface area contributed by atoms with E-state index in [1.54, 1.807) is 6.07 Å². The highest BCUT2D eigenvalue weighted by Crippen LogP contribution is 2.23. The molecule has 0 radical (unpaired) electrons. The van der Waals surface area contributed by atoms with Gasteiger partial charge in [0.2, 0.25) is 0 Å². The zero-order valence-electron chi connectivity index (χ0n) is 11.1. The number of carboxylic acids is 1. The van der Waals surface area contributed by atoms with Crippen molar-refractivity contribution in [1.82, 2.24) is 9.80 Å². The molecule has 0 amide bonds. The first-order chi connectivity index (χ1) is 9.08. The summed E-state index contributed by atoms with van der Waals surface area (Å²) >= 11 is 0. The van der Waals surface area contributed by atoms with E-state index in [9.17, 15) is 9.18 Å². The summed E-state index contributed by atoms with van der Waals surface area (Å²) < 4.78 is 13.7. The number of halogens is 1. The van der Waals surface area contributed by atoms with Crippen LogP contribution >= 0.6 is 0 Å². The molecule has 104 valence electrons. The van der Waals surface area contributed by atoms with Gasteiger partial charge in [0.25, 0.3) is 0 Å². The van der Waals surface area contributed by atoms with Crippen molar-refractivity contribution in [3.63, 3.8) is 0 Å². The number of rotatable bonds is 4. The van der Waals surface area contributed by atoms with Crippen LogP contribution in [0.5, 0.6) is 0 Å². The van der Waals surface area contributed by atoms with Gasteiger partial charge in [0, 0.05) is 37.8 Å². The molecule has 1 saturated heterocycles. The molecular weight excluding hydrogens is 247 g/mol. The quantitative estimate of drug-likeness (QED) is 0.899. The average Bonchev–Trinajstić information content (AvgIpc) is 2.39. The fourth-order valence-corrected chi connectivity index (χ4v) is 2.51. The lowest BCUT2D eigenvalue weighted by molar-refractivity contribution is -0.138. The summed E-state index contributed by atoms with van der Waals surface area (Å²) in [5, 5.41) is 8.75. The standard InChI is InChI=1S/C14H19FN2O2/c1-11(12-4-2-3-5-13(12)15)17-8-6-16(7-9-17)10-14(18)19/h2-5,11H,6-10H2,1H3,(H,18,19). The predicted octanol–water partition coefficient (Wildman–Crippen LogP) is 1.59. The first-order valence-electron chi connectivity index (χ1n) is 6.50. The van der Waals surface area contributed by atoms with E-state index in [1.807, 2.05) is 24.0 Å². The van der Waals surface area contributed by atoms with Crippen LogP contribution in [0.15, 0.2) is 24.3 Å². The summed E-state index contributed by atoms with van der Waals surface area (Å²) in [6.45, 7) is 5.04. The van der Waals surface area contributed by atoms with Crippen molar-refractivity contribution in [3.8, 4) is 0 Å². The van der Waals surface area contributed by atoms with Crippen LogP contribution in [-0.2, 0) is 4.79 Å². The lowest BCUT2D eigenvalue weighted by Gasteiger charge is -2.37. The molecule has 1 heterocycles. The van der Waals surface area contributed by atoms with Crippen molar-refractivity contribution in [3.05, 3.63) is 35.6 Å². The van der Waals surface area contributed by atoms with Gasteiger partial charge in [0.05, 0.1) is 6.54 Å². The Labute approximate surface area is 112 Å². The molecule has 1 aliphatic rings. The van der Waals surface area contributed by atoms with Crippen LogP contribution in [-0.4, -0.2) is 53.6 Å². The number of hydrogen-bond donors (Lipinski definition) is 1. The largest absolute Gasteiger partial charge is 0.480 e. The van der Waals surface area contributed by atoms with Gasteiger partial charge < -0.3 is 5.11 Å². The van der Waals surface area contributed by atoms with Crippen LogP contribution in [0.1, 0.15) is 18.5 Å². The van der Waals surface area contributed by atoms with Gasteiger partial charge in [-0.25, -0.2) is 4.39 Å². The molecule has 1 unspecified atom stereocenters. The lowest BCUT2D eigenvalue weighted by Crippen LogP contribution is -2.48. The Morgan fingerprint density at radius 3 is 2.53 bits per heavy atom. The third-order valence-corrected chi connectivity index (χ3v) is 3.67. The molecule has 2 rings (SSSR count). The third kappa shape index (κ3) is 3.52. The van der Waals surface area contributed by atoms with Crippen LogP contribution in [0.4, 0.5) is 4.39 Å². The molecule has 1 aliphatic heterocycles. The SMILES string of the molecule is CC(c1ccccc1F)N1CCN(CC(=O)O)CC1. The Kier molecular flexibility index (Phi) is 4.50. The Hall–Kier alpha value is -1.46. The van der Waals surface area contributed by atoms with Crippen molar-refractivity contribution in [2.45, 2.75) is 13.0 Å². The summed E-state index contributed by atoms with van der Waals surface area (Å²) in [5.74, 6) is -0.974. The molecule has 1 fully saturated rings. The molecule has 1 aromatic carbocycles. The molecule has 1 atom stereocenters. The van der Waals surface area contributed by atoms with Crippen LogP contribution < -0.4 is 0 Å². The fourth-order valence-electron chi connectivity index (χ4n) is 2.51. The molecule has 0 saturated carbocycles. The van der Waals surface area contributed by atoms with E-state index in [1.165, 1.54) is 6.07 Å². The van der Waals surface area contributed by atoms with Crippen LogP contribution in [0.3, 0.4) is 0 Å². The second-order valence-corrected chi connectivity index (χ2v) is 4.90. The Balaban J connectivity index is 1.94. The number of piperazine rings is 1. The van der Waals surface area contributed by atoms with E-state index in [0.717, 1.165) is 13.1 Å². The lowest BCUT2D eigenvalue weighted by atomic mass is 10.1. The predicted molar refractivity (Wildman–Crippen MR) is 70.5 cm³/mol. The van der Waals surface area contributed by atoms with Gasteiger partial charge in [-0.1, -0.05) is 18.2 Å². The minimum Gasteiger partial charge on any atom is -0.480 e. The highest BCUT2D eigenvalue weighted by Gasteiger charge is 2.24. The van der Waals surface area contributed by atoms with E-state index < -0.39 is 5.97 Å². The van der Waals surface area contributed by atoms with E-state index in [-0.39, 0.29) is 18.4 Å². The maximum atomic E-state index is 13.7. The van der Waals surface area contributed by atoms with Gasteiger partial charge in [0.15, 0.2) is 0 Å². The molecule has 1 N–H and O–H groups in total. The molecule has 19 heavy (non-hydrogen) atoms. The van der Waals surface area contributed by atoms with Gasteiger partial charge >= 0.3 is 5.97 Å². The Morgan fingerprint density at radius 1 is 1.32 bits per heavy atom. The van der Waals surface area contributed by atoms with Gasteiger partial charge in [-0.2, -0.15) is 0 Å². The zero-order valence-corrected chi connectivity index (χ0v) is 11.1. The van der Waals surface area contributed by atoms with Gasteiger partial charge in [-0.15, -0.1) is 0 Å². The number of aliphatic carboxylic acids is 1. The molecule has 0 spiro atoms. The topological polar surface area (TPSA) is 43.8 Å². The number of nitrogens with zero attached hydrogens (tertiary/aromatic N) is 2. The molecular formula is C14H19FN2O2. The smallest absolute Gasteiger partial charge is 0.317 e. The van der Waals surface area contributed by atoms with Gasteiger partial charge in [0.1, 0.15) is 5.82 Å². The van der Waals surface area contributed by atoms with Crippen molar-refractivity contribution < 1.29 is 14.3 Å². The highest BCUT2D eigenvalue weighted by molar-refractivity contribution is 5.69. The first-order valence-corrected chi connectivity index (χ1v) is 6.50. The summed E-state index contributed by atoms with van der Waals surface area (Å²) in [6, 6.07) is 6.84. The number of hydrogen-bond acceptors (Lipinski definition) is 3. The van der Waals surface area contributed by atoms with Gasteiger partial charge in [-0.05, 0) is 13.0 Å². The van der Waals surface area contributed by atoms with E-state index in [4.69, 9.17) is 5.11 Å². The summed E-state index contributed by atoms with van der Waals surface area (Å²) in [4.78, 5) is 14.7. The maximum absolute atomic E-state index is 13.7. The van der Waals surface area contributed by atoms with Gasteiger partial charge in [-0.3, -0.25) is 14.6 Å². The number of carboxylic acid groups (broad SMARTS) is 1. The molecule has 0 aliphatic carbocycles. The summed E-state index contributed by atoms with van der Waals surface area (Å²) in [7, 11) is 0. The van der Waals surface area contributed by atoms with Crippen molar-refractivity contribution in [1.29, 1.82) is 0 Å². The molecule has 4 nitrogen and oxygen atoms in total. The molecule has 0 aromatic heterocycles. The van der Waals surface area contributed by atoms with E-state index in [2.05, 4.69) is 4.90 Å². The minimum atomic E-state index is -0.796. The van der Waals surface area contributed by atoms with E-state index in [0.29, 0.717) is 18.7 Å². The minimum absolute atomic E-state index is 0.0215. The first kappa shape index (κ1) is 14.0. The van der Waals surface area contributed by atoms with Crippen molar-refractivity contribution >= 4 is 5.97 Å². The maximum Gasteiger partial charge on any atom is 0.317 e. The normalized spacial score (nSPS) is 19.3. The van der Waals surface area contributed by atoms with E-state index >= 15 is 0 Å². The summed E-state index contributed by atoms with van der Waals surface area (Å²) in [5.41, 5.74) is 0.703. The van der Waals surface area contributed by atoms with Crippen LogP contribution in [0, 0.1) is 5.82 Å². The number of benzene rings is 1. The third-order valence-electron chi connectivity index (χ3n) is 3.67.